The van der Waals surface area contributed by atoms with Crippen LogP contribution in [0.3, 0.4) is 0 Å². The van der Waals surface area contributed by atoms with Crippen molar-refractivity contribution in [2.45, 2.75) is 44.2 Å². The van der Waals surface area contributed by atoms with Gasteiger partial charge in [-0.1, -0.05) is 19.3 Å². The van der Waals surface area contributed by atoms with Gasteiger partial charge in [0.1, 0.15) is 0 Å². The van der Waals surface area contributed by atoms with E-state index in [9.17, 15) is 9.90 Å². The van der Waals surface area contributed by atoms with Crippen molar-refractivity contribution in [3.63, 3.8) is 0 Å². The third-order valence-corrected chi connectivity index (χ3v) is 3.12. The number of nitrogens with zero attached hydrogens (tertiary/aromatic N) is 1. The van der Waals surface area contributed by atoms with Crippen molar-refractivity contribution in [1.82, 2.24) is 10.2 Å². The van der Waals surface area contributed by atoms with Gasteiger partial charge in [-0.25, -0.2) is 4.79 Å². The molecule has 0 aromatic rings. The maximum atomic E-state index is 11.8. The number of carbonyl (C=O) groups is 1. The van der Waals surface area contributed by atoms with Crippen LogP contribution in [-0.2, 0) is 4.74 Å². The Morgan fingerprint density at radius 1 is 1.47 bits per heavy atom. The number of rotatable bonds is 5. The van der Waals surface area contributed by atoms with Gasteiger partial charge in [-0.2, -0.15) is 0 Å². The Kier molecular flexibility index (Phi) is 6.29. The monoisotopic (exact) mass is 244 g/mol. The summed E-state index contributed by atoms with van der Waals surface area (Å²) in [5.74, 6) is 0. The van der Waals surface area contributed by atoms with Gasteiger partial charge in [0.25, 0.3) is 0 Å². The molecule has 17 heavy (non-hydrogen) atoms. The molecule has 0 aliphatic heterocycles. The van der Waals surface area contributed by atoms with Crippen LogP contribution in [0.25, 0.3) is 0 Å². The number of ether oxygens (including phenoxy) is 1. The lowest BCUT2D eigenvalue weighted by Gasteiger charge is -2.27. The first-order valence-electron chi connectivity index (χ1n) is 6.32. The fourth-order valence-electron chi connectivity index (χ4n) is 2.18. The van der Waals surface area contributed by atoms with Crippen molar-refractivity contribution in [1.29, 1.82) is 0 Å². The second-order valence-electron chi connectivity index (χ2n) is 4.77. The average Bonchev–Trinajstić information content (AvgIpc) is 2.30. The van der Waals surface area contributed by atoms with Gasteiger partial charge in [-0.3, -0.25) is 0 Å². The van der Waals surface area contributed by atoms with Gasteiger partial charge in [-0.05, 0) is 12.8 Å². The van der Waals surface area contributed by atoms with Crippen LogP contribution < -0.4 is 5.32 Å². The quantitative estimate of drug-likeness (QED) is 0.757. The van der Waals surface area contributed by atoms with Gasteiger partial charge in [0.2, 0.25) is 0 Å². The fourth-order valence-corrected chi connectivity index (χ4v) is 2.18. The highest BCUT2D eigenvalue weighted by Gasteiger charge is 2.19. The number of carbonyl (C=O) groups excluding carboxylic acids is 1. The first-order valence-corrected chi connectivity index (χ1v) is 6.32. The number of urea groups is 1. The van der Waals surface area contributed by atoms with E-state index >= 15 is 0 Å². The molecule has 0 spiro atoms. The summed E-state index contributed by atoms with van der Waals surface area (Å²) in [6.45, 7) is 0.549. The summed E-state index contributed by atoms with van der Waals surface area (Å²) in [6, 6.07) is 0.199. The highest BCUT2D eigenvalue weighted by molar-refractivity contribution is 5.74. The molecular formula is C12H24N2O3. The highest BCUT2D eigenvalue weighted by atomic mass is 16.5. The van der Waals surface area contributed by atoms with Gasteiger partial charge in [0.15, 0.2) is 0 Å². The summed E-state index contributed by atoms with van der Waals surface area (Å²) >= 11 is 0. The van der Waals surface area contributed by atoms with Crippen LogP contribution in [0.5, 0.6) is 0 Å². The molecule has 1 aliphatic carbocycles. The van der Waals surface area contributed by atoms with E-state index in [0.29, 0.717) is 12.6 Å². The molecule has 0 heterocycles. The smallest absolute Gasteiger partial charge is 0.317 e. The Labute approximate surface area is 103 Å². The third kappa shape index (κ3) is 5.37. The molecule has 0 aromatic heterocycles. The van der Waals surface area contributed by atoms with Crippen molar-refractivity contribution in [2.75, 3.05) is 27.3 Å². The Bertz CT molecular complexity index is 230. The summed E-state index contributed by atoms with van der Waals surface area (Å²) < 4.78 is 4.83. The van der Waals surface area contributed by atoms with E-state index in [1.807, 2.05) is 0 Å². The summed E-state index contributed by atoms with van der Waals surface area (Å²) in [4.78, 5) is 13.3. The Hall–Kier alpha value is -0.810. The van der Waals surface area contributed by atoms with Crippen molar-refractivity contribution in [3.8, 4) is 0 Å². The molecule has 1 rings (SSSR count). The van der Waals surface area contributed by atoms with Crippen LogP contribution >= 0.6 is 0 Å². The van der Waals surface area contributed by atoms with Gasteiger partial charge in [-0.15, -0.1) is 0 Å². The minimum Gasteiger partial charge on any atom is -0.389 e. The standard InChI is InChI=1S/C12H24N2O3/c1-14(8-11(15)9-17-2)12(16)13-10-6-4-3-5-7-10/h10-11,15H,3-9H2,1-2H3,(H,13,16). The summed E-state index contributed by atoms with van der Waals surface area (Å²) in [6.07, 6.45) is 5.18. The van der Waals surface area contributed by atoms with Gasteiger partial charge >= 0.3 is 6.03 Å². The summed E-state index contributed by atoms with van der Waals surface area (Å²) in [5, 5.41) is 12.5. The second kappa shape index (κ2) is 7.50. The molecule has 1 aliphatic rings. The Morgan fingerprint density at radius 2 is 2.12 bits per heavy atom. The van der Waals surface area contributed by atoms with E-state index in [2.05, 4.69) is 5.32 Å². The minimum atomic E-state index is -0.623. The number of hydrogen-bond donors (Lipinski definition) is 2. The zero-order chi connectivity index (χ0) is 12.7. The van der Waals surface area contributed by atoms with Gasteiger partial charge in [0, 0.05) is 20.2 Å². The topological polar surface area (TPSA) is 61.8 Å². The van der Waals surface area contributed by atoms with Crippen LogP contribution in [0.4, 0.5) is 4.79 Å². The van der Waals surface area contributed by atoms with Crippen LogP contribution in [0.1, 0.15) is 32.1 Å². The number of amides is 2. The number of likely N-dealkylation sites (N-methyl/N-ethyl adjacent to an activating group) is 1. The van der Waals surface area contributed by atoms with Crippen molar-refractivity contribution >= 4 is 6.03 Å². The molecule has 5 nitrogen and oxygen atoms in total. The summed E-state index contributed by atoms with van der Waals surface area (Å²) in [5.41, 5.74) is 0. The number of hydrogen-bond acceptors (Lipinski definition) is 3. The molecule has 0 radical (unpaired) electrons. The lowest BCUT2D eigenvalue weighted by atomic mass is 9.96. The number of methoxy groups -OCH3 is 1. The number of aliphatic hydroxyl groups excluding tert-OH is 1. The number of nitrogens with one attached hydrogen (secondary N) is 1. The van der Waals surface area contributed by atoms with E-state index in [4.69, 9.17) is 4.74 Å². The SMILES string of the molecule is COCC(O)CN(C)C(=O)NC1CCCCC1. The van der Waals surface area contributed by atoms with Crippen molar-refractivity contribution in [3.05, 3.63) is 0 Å². The number of aliphatic hydroxyl groups is 1. The first-order chi connectivity index (χ1) is 8.13. The average molecular weight is 244 g/mol. The van der Waals surface area contributed by atoms with E-state index in [-0.39, 0.29) is 12.6 Å². The lowest BCUT2D eigenvalue weighted by molar-refractivity contribution is 0.0486. The molecular weight excluding hydrogens is 220 g/mol. The van der Waals surface area contributed by atoms with Crippen molar-refractivity contribution < 1.29 is 14.6 Å². The third-order valence-electron chi connectivity index (χ3n) is 3.12. The lowest BCUT2D eigenvalue weighted by Crippen LogP contribution is -2.46. The molecule has 1 fully saturated rings. The van der Waals surface area contributed by atoms with E-state index < -0.39 is 6.10 Å². The van der Waals surface area contributed by atoms with E-state index in [1.54, 1.807) is 7.05 Å². The zero-order valence-electron chi connectivity index (χ0n) is 10.8. The van der Waals surface area contributed by atoms with Gasteiger partial charge in [0.05, 0.1) is 19.3 Å². The first kappa shape index (κ1) is 14.3. The zero-order valence-corrected chi connectivity index (χ0v) is 10.8. The van der Waals surface area contributed by atoms with Crippen LogP contribution in [0.2, 0.25) is 0 Å². The minimum absolute atomic E-state index is 0.105. The van der Waals surface area contributed by atoms with Gasteiger partial charge < -0.3 is 20.1 Å². The fraction of sp³-hybridized carbons (Fsp3) is 0.917. The highest BCUT2D eigenvalue weighted by Crippen LogP contribution is 2.17. The van der Waals surface area contributed by atoms with Crippen LogP contribution in [0.15, 0.2) is 0 Å². The molecule has 1 saturated carbocycles. The van der Waals surface area contributed by atoms with Crippen LogP contribution in [-0.4, -0.2) is 55.5 Å². The second-order valence-corrected chi connectivity index (χ2v) is 4.77. The molecule has 1 unspecified atom stereocenters. The molecule has 0 aromatic carbocycles. The van der Waals surface area contributed by atoms with E-state index in [0.717, 1.165) is 12.8 Å². The molecule has 1 atom stereocenters. The predicted octanol–water partition coefficient (Wildman–Crippen LogP) is 0.968. The predicted molar refractivity (Wildman–Crippen MR) is 65.9 cm³/mol. The Morgan fingerprint density at radius 3 is 2.71 bits per heavy atom. The molecule has 5 heteroatoms. The molecule has 0 saturated heterocycles. The van der Waals surface area contributed by atoms with E-state index in [1.165, 1.54) is 31.3 Å². The molecule has 2 amide bonds. The molecule has 2 N–H and O–H groups in total. The maximum Gasteiger partial charge on any atom is 0.317 e. The van der Waals surface area contributed by atoms with Crippen LogP contribution in [0, 0.1) is 0 Å². The summed E-state index contributed by atoms with van der Waals surface area (Å²) in [7, 11) is 3.22. The Balaban J connectivity index is 2.25. The normalized spacial score (nSPS) is 18.8. The molecule has 100 valence electrons. The van der Waals surface area contributed by atoms with Crippen molar-refractivity contribution in [2.24, 2.45) is 0 Å². The maximum absolute atomic E-state index is 11.8. The molecule has 0 bridgehead atoms. The largest absolute Gasteiger partial charge is 0.389 e.